The monoisotopic (exact) mass is 209 g/mol. The Hall–Kier alpha value is -2.31. The molecule has 76 valence electrons. The number of hydrogen-bond acceptors (Lipinski definition) is 5. The number of benzene rings is 1. The van der Waals surface area contributed by atoms with Crippen LogP contribution in [0.15, 0.2) is 29.1 Å². The van der Waals surface area contributed by atoms with Gasteiger partial charge in [0.2, 0.25) is 12.2 Å². The van der Waals surface area contributed by atoms with Crippen molar-refractivity contribution in [1.29, 1.82) is 0 Å². The van der Waals surface area contributed by atoms with Gasteiger partial charge in [-0.15, -0.1) is 0 Å². The largest absolute Gasteiger partial charge is 0.342 e. The van der Waals surface area contributed by atoms with Crippen LogP contribution in [0.5, 0.6) is 0 Å². The first-order valence-electron chi connectivity index (χ1n) is 3.89. The average Bonchev–Trinajstić information content (AvgIpc) is 2.69. The number of nitro groups is 1. The predicted molar refractivity (Wildman–Crippen MR) is 46.3 cm³/mol. The van der Waals surface area contributed by atoms with Crippen molar-refractivity contribution in [2.24, 2.45) is 0 Å². The molecule has 6 nitrogen and oxygen atoms in total. The molecule has 1 aromatic heterocycles. The van der Waals surface area contributed by atoms with E-state index in [1.165, 1.54) is 0 Å². The average molecular weight is 209 g/mol. The van der Waals surface area contributed by atoms with Gasteiger partial charge in [-0.05, 0) is 12.1 Å². The van der Waals surface area contributed by atoms with Gasteiger partial charge >= 0.3 is 0 Å². The first-order chi connectivity index (χ1) is 7.18. The number of hydrogen-bond donors (Lipinski definition) is 0. The third-order valence-corrected chi connectivity index (χ3v) is 1.76. The van der Waals surface area contributed by atoms with Crippen molar-refractivity contribution in [2.45, 2.75) is 0 Å². The molecule has 2 aromatic rings. The fourth-order valence-electron chi connectivity index (χ4n) is 1.14. The van der Waals surface area contributed by atoms with Crippen molar-refractivity contribution in [3.8, 4) is 11.4 Å². The van der Waals surface area contributed by atoms with Crippen LogP contribution in [0.1, 0.15) is 0 Å². The lowest BCUT2D eigenvalue weighted by molar-refractivity contribution is -0.384. The maximum atomic E-state index is 12.9. The second kappa shape index (κ2) is 3.45. The summed E-state index contributed by atoms with van der Waals surface area (Å²) in [6.07, 6.45) is 1.02. The number of nitro benzene ring substituents is 1. The molecule has 0 amide bonds. The van der Waals surface area contributed by atoms with Gasteiger partial charge in [-0.3, -0.25) is 10.1 Å². The van der Waals surface area contributed by atoms with Crippen LogP contribution in [0.2, 0.25) is 0 Å². The normalized spacial score (nSPS) is 10.2. The van der Waals surface area contributed by atoms with Crippen molar-refractivity contribution in [3.63, 3.8) is 0 Å². The van der Waals surface area contributed by atoms with Crippen LogP contribution in [0.4, 0.5) is 10.1 Å². The highest BCUT2D eigenvalue weighted by Crippen LogP contribution is 2.27. The molecule has 2 rings (SSSR count). The first-order valence-corrected chi connectivity index (χ1v) is 3.89. The fourth-order valence-corrected chi connectivity index (χ4v) is 1.14. The third-order valence-electron chi connectivity index (χ3n) is 1.76. The molecule has 0 aliphatic rings. The number of rotatable bonds is 2. The molecule has 0 saturated heterocycles. The van der Waals surface area contributed by atoms with Gasteiger partial charge in [-0.2, -0.15) is 4.98 Å². The molecular weight excluding hydrogens is 205 g/mol. The molecule has 0 atom stereocenters. The summed E-state index contributed by atoms with van der Waals surface area (Å²) in [5, 5.41) is 14.0. The molecule has 0 aliphatic carbocycles. The zero-order chi connectivity index (χ0) is 10.8. The van der Waals surface area contributed by atoms with Gasteiger partial charge in [0.05, 0.1) is 4.92 Å². The second-order valence-electron chi connectivity index (χ2n) is 2.67. The van der Waals surface area contributed by atoms with E-state index in [0.29, 0.717) is 0 Å². The van der Waals surface area contributed by atoms with Crippen LogP contribution in [0.3, 0.4) is 0 Å². The molecule has 0 spiro atoms. The summed E-state index contributed by atoms with van der Waals surface area (Å²) < 4.78 is 17.3. The highest BCUT2D eigenvalue weighted by atomic mass is 19.1. The van der Waals surface area contributed by atoms with Crippen molar-refractivity contribution in [1.82, 2.24) is 10.1 Å². The fraction of sp³-hybridized carbons (Fsp3) is 0. The SMILES string of the molecule is O=[N+]([O-])c1ccc(F)cc1-c1ncon1. The van der Waals surface area contributed by atoms with E-state index in [0.717, 1.165) is 24.6 Å². The molecule has 7 heteroatoms. The predicted octanol–water partition coefficient (Wildman–Crippen LogP) is 1.78. The Morgan fingerprint density at radius 3 is 2.87 bits per heavy atom. The Bertz CT molecular complexity index is 498. The minimum atomic E-state index is -0.634. The van der Waals surface area contributed by atoms with Gasteiger partial charge in [0.15, 0.2) is 0 Å². The summed E-state index contributed by atoms with van der Waals surface area (Å²) in [4.78, 5) is 13.6. The quantitative estimate of drug-likeness (QED) is 0.556. The van der Waals surface area contributed by atoms with E-state index in [9.17, 15) is 14.5 Å². The summed E-state index contributed by atoms with van der Waals surface area (Å²) in [7, 11) is 0. The zero-order valence-electron chi connectivity index (χ0n) is 7.25. The van der Waals surface area contributed by atoms with Crippen LogP contribution in [-0.2, 0) is 0 Å². The van der Waals surface area contributed by atoms with Crippen molar-refractivity contribution >= 4 is 5.69 Å². The molecule has 0 unspecified atom stereocenters. The van der Waals surface area contributed by atoms with Gasteiger partial charge in [-0.1, -0.05) is 5.16 Å². The third kappa shape index (κ3) is 1.66. The first kappa shape index (κ1) is 9.25. The molecule has 15 heavy (non-hydrogen) atoms. The number of aromatic nitrogens is 2. The van der Waals surface area contributed by atoms with Crippen LogP contribution in [0, 0.1) is 15.9 Å². The molecule has 1 heterocycles. The van der Waals surface area contributed by atoms with E-state index in [1.54, 1.807) is 0 Å². The van der Waals surface area contributed by atoms with Gasteiger partial charge in [0.1, 0.15) is 11.4 Å². The maximum absolute atomic E-state index is 12.9. The zero-order valence-corrected chi connectivity index (χ0v) is 7.25. The minimum absolute atomic E-state index is 0.00579. The molecule has 0 fully saturated rings. The molecular formula is C8H4FN3O3. The lowest BCUT2D eigenvalue weighted by Crippen LogP contribution is -1.93. The smallest absolute Gasteiger partial charge is 0.280 e. The highest BCUT2D eigenvalue weighted by Gasteiger charge is 2.19. The van der Waals surface area contributed by atoms with E-state index in [2.05, 4.69) is 14.7 Å². The Morgan fingerprint density at radius 1 is 1.47 bits per heavy atom. The second-order valence-corrected chi connectivity index (χ2v) is 2.67. The minimum Gasteiger partial charge on any atom is -0.342 e. The van der Waals surface area contributed by atoms with E-state index < -0.39 is 10.7 Å². The summed E-state index contributed by atoms with van der Waals surface area (Å²) in [6.45, 7) is 0. The Morgan fingerprint density at radius 2 is 2.27 bits per heavy atom. The lowest BCUT2D eigenvalue weighted by atomic mass is 10.1. The number of nitrogens with zero attached hydrogens (tertiary/aromatic N) is 3. The van der Waals surface area contributed by atoms with Crippen molar-refractivity contribution in [2.75, 3.05) is 0 Å². The van der Waals surface area contributed by atoms with E-state index >= 15 is 0 Å². The topological polar surface area (TPSA) is 82.1 Å². The highest BCUT2D eigenvalue weighted by molar-refractivity contribution is 5.67. The Kier molecular flexibility index (Phi) is 2.13. The number of halogens is 1. The molecule has 0 radical (unpaired) electrons. The molecule has 0 bridgehead atoms. The van der Waals surface area contributed by atoms with Crippen LogP contribution < -0.4 is 0 Å². The van der Waals surface area contributed by atoms with Gasteiger partial charge in [0, 0.05) is 6.07 Å². The maximum Gasteiger partial charge on any atom is 0.280 e. The van der Waals surface area contributed by atoms with Crippen LogP contribution in [0.25, 0.3) is 11.4 Å². The van der Waals surface area contributed by atoms with Gasteiger partial charge in [0.25, 0.3) is 5.69 Å². The van der Waals surface area contributed by atoms with Crippen LogP contribution in [-0.4, -0.2) is 15.1 Å². The van der Waals surface area contributed by atoms with Crippen molar-refractivity contribution in [3.05, 3.63) is 40.5 Å². The van der Waals surface area contributed by atoms with E-state index in [1.807, 2.05) is 0 Å². The summed E-state index contributed by atoms with van der Waals surface area (Å²) in [5.41, 5.74) is -0.272. The van der Waals surface area contributed by atoms with E-state index in [4.69, 9.17) is 0 Å². The molecule has 0 N–H and O–H groups in total. The summed E-state index contributed by atoms with van der Waals surface area (Å²) in [6, 6.07) is 3.05. The van der Waals surface area contributed by atoms with Gasteiger partial charge < -0.3 is 4.52 Å². The summed E-state index contributed by atoms with van der Waals surface area (Å²) in [5.74, 6) is -0.610. The van der Waals surface area contributed by atoms with Gasteiger partial charge in [-0.25, -0.2) is 4.39 Å². The Labute approximate surface area is 82.5 Å². The summed E-state index contributed by atoms with van der Waals surface area (Å²) >= 11 is 0. The van der Waals surface area contributed by atoms with Crippen molar-refractivity contribution < 1.29 is 13.8 Å². The molecule has 0 aliphatic heterocycles. The lowest BCUT2D eigenvalue weighted by Gasteiger charge is -1.97. The molecule has 0 saturated carbocycles. The van der Waals surface area contributed by atoms with E-state index in [-0.39, 0.29) is 17.1 Å². The Balaban J connectivity index is 2.63. The molecule has 1 aromatic carbocycles. The van der Waals surface area contributed by atoms with Crippen LogP contribution >= 0.6 is 0 Å². The standard InChI is InChI=1S/C8H4FN3O3/c9-5-1-2-7(12(13)14)6(3-5)8-10-4-15-11-8/h1-4H.